The number of piperazine rings is 1. The Morgan fingerprint density at radius 3 is 2.65 bits per heavy atom. The van der Waals surface area contributed by atoms with E-state index in [0.29, 0.717) is 0 Å². The number of amides is 1. The van der Waals surface area contributed by atoms with Gasteiger partial charge in [0, 0.05) is 42.4 Å². The molecule has 0 bridgehead atoms. The highest BCUT2D eigenvalue weighted by Crippen LogP contribution is 2.33. The lowest BCUT2D eigenvalue weighted by Gasteiger charge is -2.42. The number of aromatic nitrogens is 1. The van der Waals surface area contributed by atoms with E-state index in [1.54, 1.807) is 0 Å². The number of halogens is 1. The van der Waals surface area contributed by atoms with Gasteiger partial charge in [0.1, 0.15) is 5.82 Å². The molecule has 3 rings (SSSR count). The van der Waals surface area contributed by atoms with Crippen LogP contribution in [0.25, 0.3) is 0 Å². The fraction of sp³-hybridized carbons (Fsp3) is 0.647. The van der Waals surface area contributed by atoms with E-state index in [9.17, 15) is 4.79 Å². The Morgan fingerprint density at radius 1 is 1.30 bits per heavy atom. The second-order valence-corrected chi connectivity index (χ2v) is 7.87. The molecule has 2 N–H and O–H groups in total. The number of carbonyl (C=O) groups is 1. The van der Waals surface area contributed by atoms with Gasteiger partial charge in [-0.25, -0.2) is 4.98 Å². The Balaban J connectivity index is 1.60. The van der Waals surface area contributed by atoms with Crippen molar-refractivity contribution in [3.63, 3.8) is 0 Å². The molecular weight excluding hydrogens is 356 g/mol. The van der Waals surface area contributed by atoms with Gasteiger partial charge in [-0.3, -0.25) is 4.79 Å². The molecule has 1 aliphatic heterocycles. The van der Waals surface area contributed by atoms with Crippen LogP contribution in [0.4, 0.5) is 5.82 Å². The lowest BCUT2D eigenvalue weighted by molar-refractivity contribution is -0.139. The van der Waals surface area contributed by atoms with Gasteiger partial charge >= 0.3 is 0 Å². The lowest BCUT2D eigenvalue weighted by atomic mass is 9.74. The van der Waals surface area contributed by atoms with Crippen LogP contribution in [0, 0.1) is 5.92 Å². The minimum absolute atomic E-state index is 0.0198. The summed E-state index contributed by atoms with van der Waals surface area (Å²) < 4.78 is 0.981. The molecule has 0 aromatic carbocycles. The zero-order valence-corrected chi connectivity index (χ0v) is 15.3. The first kappa shape index (κ1) is 16.7. The van der Waals surface area contributed by atoms with Crippen LogP contribution in [0.5, 0.6) is 0 Å². The van der Waals surface area contributed by atoms with Gasteiger partial charge in [0.2, 0.25) is 5.91 Å². The van der Waals surface area contributed by atoms with E-state index >= 15 is 0 Å². The van der Waals surface area contributed by atoms with Crippen molar-refractivity contribution in [2.45, 2.75) is 38.1 Å². The highest BCUT2D eigenvalue weighted by molar-refractivity contribution is 9.10. The molecule has 1 aromatic rings. The molecule has 1 saturated carbocycles. The van der Waals surface area contributed by atoms with Gasteiger partial charge in [-0.2, -0.15) is 0 Å². The third-order valence-electron chi connectivity index (χ3n) is 5.18. The molecule has 1 saturated heterocycles. The zero-order valence-electron chi connectivity index (χ0n) is 13.7. The summed E-state index contributed by atoms with van der Waals surface area (Å²) in [5.41, 5.74) is 6.04. The number of rotatable bonds is 2. The number of hydrogen-bond donors (Lipinski definition) is 1. The summed E-state index contributed by atoms with van der Waals surface area (Å²) in [5.74, 6) is 1.20. The van der Waals surface area contributed by atoms with Gasteiger partial charge in [0.25, 0.3) is 0 Å². The van der Waals surface area contributed by atoms with E-state index in [4.69, 9.17) is 5.73 Å². The maximum absolute atomic E-state index is 12.9. The highest BCUT2D eigenvalue weighted by Gasteiger charge is 2.40. The first-order valence-electron chi connectivity index (χ1n) is 8.41. The van der Waals surface area contributed by atoms with Crippen LogP contribution in [-0.2, 0) is 4.79 Å². The summed E-state index contributed by atoms with van der Waals surface area (Å²) in [4.78, 5) is 21.5. The molecule has 2 heterocycles. The summed E-state index contributed by atoms with van der Waals surface area (Å²) in [7, 11) is 0. The number of nitrogens with two attached hydrogens (primary N) is 1. The van der Waals surface area contributed by atoms with Crippen molar-refractivity contribution < 1.29 is 4.79 Å². The molecule has 23 heavy (non-hydrogen) atoms. The number of anilines is 1. The van der Waals surface area contributed by atoms with Gasteiger partial charge in [0.05, 0.1) is 5.92 Å². The Kier molecular flexibility index (Phi) is 4.92. The van der Waals surface area contributed by atoms with Gasteiger partial charge < -0.3 is 15.5 Å². The normalized spacial score (nSPS) is 28.7. The molecular formula is C17H25BrN4O. The molecule has 6 heteroatoms. The predicted octanol–water partition coefficient (Wildman–Crippen LogP) is 2.40. The Bertz CT molecular complexity index is 552. The first-order chi connectivity index (χ1) is 11.0. The van der Waals surface area contributed by atoms with Gasteiger partial charge in [-0.15, -0.1) is 0 Å². The molecule has 1 aromatic heterocycles. The van der Waals surface area contributed by atoms with E-state index < -0.39 is 0 Å². The molecule has 2 atom stereocenters. The summed E-state index contributed by atoms with van der Waals surface area (Å²) in [6, 6.07) is 4.02. The van der Waals surface area contributed by atoms with Gasteiger partial charge in [-0.1, -0.05) is 12.8 Å². The van der Waals surface area contributed by atoms with Gasteiger partial charge in [0.15, 0.2) is 0 Å². The monoisotopic (exact) mass is 380 g/mol. The van der Waals surface area contributed by atoms with E-state index in [1.807, 2.05) is 30.2 Å². The quantitative estimate of drug-likeness (QED) is 0.855. The van der Waals surface area contributed by atoms with Crippen molar-refractivity contribution in [3.05, 3.63) is 22.8 Å². The molecule has 2 fully saturated rings. The second-order valence-electron chi connectivity index (χ2n) is 6.95. The Morgan fingerprint density at radius 2 is 2.04 bits per heavy atom. The summed E-state index contributed by atoms with van der Waals surface area (Å²) in [6.45, 7) is 5.20. The van der Waals surface area contributed by atoms with Crippen molar-refractivity contribution in [1.29, 1.82) is 0 Å². The SMILES string of the molecule is CC1(N)CCCCC1C(=O)N1CCN(c2ccc(Br)cn2)CC1. The average molecular weight is 381 g/mol. The number of carbonyl (C=O) groups excluding carboxylic acids is 1. The van der Waals surface area contributed by atoms with Crippen LogP contribution < -0.4 is 10.6 Å². The van der Waals surface area contributed by atoms with Crippen molar-refractivity contribution >= 4 is 27.7 Å². The van der Waals surface area contributed by atoms with Crippen LogP contribution in [0.1, 0.15) is 32.6 Å². The van der Waals surface area contributed by atoms with Crippen LogP contribution in [0.15, 0.2) is 22.8 Å². The minimum Gasteiger partial charge on any atom is -0.353 e. The highest BCUT2D eigenvalue weighted by atomic mass is 79.9. The minimum atomic E-state index is -0.347. The van der Waals surface area contributed by atoms with E-state index in [-0.39, 0.29) is 17.4 Å². The molecule has 5 nitrogen and oxygen atoms in total. The number of pyridine rings is 1. The van der Waals surface area contributed by atoms with E-state index in [1.165, 1.54) is 0 Å². The van der Waals surface area contributed by atoms with Crippen LogP contribution in [-0.4, -0.2) is 47.5 Å². The lowest BCUT2D eigenvalue weighted by Crippen LogP contribution is -2.57. The van der Waals surface area contributed by atoms with Crippen molar-refractivity contribution in [2.24, 2.45) is 11.7 Å². The molecule has 2 unspecified atom stereocenters. The summed E-state index contributed by atoms with van der Waals surface area (Å²) in [6.07, 6.45) is 5.95. The first-order valence-corrected chi connectivity index (χ1v) is 9.21. The average Bonchev–Trinajstić information content (AvgIpc) is 2.55. The van der Waals surface area contributed by atoms with Crippen molar-refractivity contribution in [2.75, 3.05) is 31.1 Å². The van der Waals surface area contributed by atoms with Crippen LogP contribution in [0.2, 0.25) is 0 Å². The van der Waals surface area contributed by atoms with Crippen molar-refractivity contribution in [3.8, 4) is 0 Å². The fourth-order valence-electron chi connectivity index (χ4n) is 3.70. The Labute approximate surface area is 146 Å². The fourth-order valence-corrected chi connectivity index (χ4v) is 3.93. The molecule has 1 amide bonds. The summed E-state index contributed by atoms with van der Waals surface area (Å²) in [5, 5.41) is 0. The topological polar surface area (TPSA) is 62.5 Å². The Hall–Kier alpha value is -1.14. The van der Waals surface area contributed by atoms with Crippen LogP contribution >= 0.6 is 15.9 Å². The third kappa shape index (κ3) is 3.69. The van der Waals surface area contributed by atoms with E-state index in [0.717, 1.165) is 62.2 Å². The van der Waals surface area contributed by atoms with Crippen LogP contribution in [0.3, 0.4) is 0 Å². The second kappa shape index (κ2) is 6.77. The largest absolute Gasteiger partial charge is 0.353 e. The van der Waals surface area contributed by atoms with E-state index in [2.05, 4.69) is 25.8 Å². The van der Waals surface area contributed by atoms with Crippen molar-refractivity contribution in [1.82, 2.24) is 9.88 Å². The molecule has 1 aliphatic carbocycles. The molecule has 2 aliphatic rings. The number of hydrogen-bond acceptors (Lipinski definition) is 4. The predicted molar refractivity (Wildman–Crippen MR) is 95.3 cm³/mol. The van der Waals surface area contributed by atoms with Gasteiger partial charge in [-0.05, 0) is 47.8 Å². The number of nitrogens with zero attached hydrogens (tertiary/aromatic N) is 3. The zero-order chi connectivity index (χ0) is 16.4. The third-order valence-corrected chi connectivity index (χ3v) is 5.65. The maximum Gasteiger partial charge on any atom is 0.227 e. The molecule has 126 valence electrons. The smallest absolute Gasteiger partial charge is 0.227 e. The molecule has 0 radical (unpaired) electrons. The standard InChI is InChI=1S/C17H25BrN4O/c1-17(19)7-3-2-4-14(17)16(23)22-10-8-21(9-11-22)15-6-5-13(18)12-20-15/h5-6,12,14H,2-4,7-11,19H2,1H3. The summed E-state index contributed by atoms with van der Waals surface area (Å²) >= 11 is 3.41. The maximum atomic E-state index is 12.9. The molecule has 0 spiro atoms.